The predicted octanol–water partition coefficient (Wildman–Crippen LogP) is 12.9. The van der Waals surface area contributed by atoms with E-state index in [2.05, 4.69) is 93.4 Å². The minimum absolute atomic E-state index is 0.116. The molecule has 0 bridgehead atoms. The number of carbonyl (C=O) groups is 3. The topological polar surface area (TPSA) is 97.9 Å². The number of hydrogen-bond acceptors (Lipinski definition) is 9. The van der Waals surface area contributed by atoms with Crippen molar-refractivity contribution >= 4 is 17.8 Å². The second-order valence-corrected chi connectivity index (χ2v) is 19.4. The summed E-state index contributed by atoms with van der Waals surface area (Å²) >= 11 is 0. The molecule has 2 saturated heterocycles. The number of rotatable bonds is 43. The summed E-state index contributed by atoms with van der Waals surface area (Å²) in [5.41, 5.74) is 0. The monoisotopic (exact) mass is 926 g/mol. The van der Waals surface area contributed by atoms with Crippen molar-refractivity contribution in [2.45, 2.75) is 224 Å². The fourth-order valence-electron chi connectivity index (χ4n) is 8.46. The molecule has 380 valence electrons. The highest BCUT2D eigenvalue weighted by Crippen LogP contribution is 2.39. The van der Waals surface area contributed by atoms with Crippen LogP contribution >= 0.6 is 0 Å². The summed E-state index contributed by atoms with van der Waals surface area (Å²) < 4.78 is 24.3. The van der Waals surface area contributed by atoms with Crippen LogP contribution in [0.25, 0.3) is 0 Å². The molecule has 2 fully saturated rings. The Bertz CT molecular complexity index is 1260. The SMILES string of the molecule is CCCCC/C=C\C/C=C\CCCCCCCCC(=O)OCCC1OC2(CN(C(=O)CCCN(C)CCN(C)C)C2)OC1CCOC(=O)CCCCCCCC/C=C\C/C=C\CCCCC. The van der Waals surface area contributed by atoms with Crippen LogP contribution in [0.4, 0.5) is 0 Å². The Labute approximate surface area is 404 Å². The summed E-state index contributed by atoms with van der Waals surface area (Å²) in [6, 6.07) is 0. The summed E-state index contributed by atoms with van der Waals surface area (Å²) in [5.74, 6) is -1.08. The highest BCUT2D eigenvalue weighted by molar-refractivity contribution is 5.77. The number of ether oxygens (including phenoxy) is 4. The van der Waals surface area contributed by atoms with E-state index in [9.17, 15) is 14.4 Å². The number of hydrogen-bond donors (Lipinski definition) is 0. The van der Waals surface area contributed by atoms with E-state index < -0.39 is 5.79 Å². The number of allylic oxidation sites excluding steroid dienone is 8. The van der Waals surface area contributed by atoms with Gasteiger partial charge in [-0.15, -0.1) is 0 Å². The molecule has 1 amide bonds. The van der Waals surface area contributed by atoms with Crippen LogP contribution in [-0.4, -0.2) is 118 Å². The van der Waals surface area contributed by atoms with Gasteiger partial charge in [-0.05, 0) is 111 Å². The molecule has 0 saturated carbocycles. The van der Waals surface area contributed by atoms with Crippen LogP contribution in [0.15, 0.2) is 48.6 Å². The first-order valence-corrected chi connectivity index (χ1v) is 27.1. The molecule has 10 heteroatoms. The van der Waals surface area contributed by atoms with Gasteiger partial charge in [0.15, 0.2) is 0 Å². The quantitative estimate of drug-likeness (QED) is 0.0336. The Morgan fingerprint density at radius 1 is 0.515 bits per heavy atom. The van der Waals surface area contributed by atoms with Gasteiger partial charge in [-0.3, -0.25) is 14.4 Å². The number of nitrogens with zero attached hydrogens (tertiary/aromatic N) is 3. The molecule has 0 aromatic heterocycles. The Morgan fingerprint density at radius 2 is 0.924 bits per heavy atom. The molecule has 0 aromatic rings. The summed E-state index contributed by atoms with van der Waals surface area (Å²) in [6.07, 6.45) is 48.8. The van der Waals surface area contributed by atoms with Gasteiger partial charge in [0.25, 0.3) is 0 Å². The van der Waals surface area contributed by atoms with Crippen LogP contribution in [0, 0.1) is 0 Å². The third-order valence-electron chi connectivity index (χ3n) is 12.7. The van der Waals surface area contributed by atoms with Gasteiger partial charge in [0.1, 0.15) is 0 Å². The minimum Gasteiger partial charge on any atom is -0.466 e. The number of esters is 2. The van der Waals surface area contributed by atoms with Crippen molar-refractivity contribution in [3.63, 3.8) is 0 Å². The predicted molar refractivity (Wildman–Crippen MR) is 273 cm³/mol. The summed E-state index contributed by atoms with van der Waals surface area (Å²) in [6.45, 7) is 8.58. The van der Waals surface area contributed by atoms with Gasteiger partial charge >= 0.3 is 11.9 Å². The van der Waals surface area contributed by atoms with E-state index in [1.807, 2.05) is 4.90 Å². The lowest BCUT2D eigenvalue weighted by Crippen LogP contribution is -2.64. The summed E-state index contributed by atoms with van der Waals surface area (Å²) in [5, 5.41) is 0. The van der Waals surface area contributed by atoms with E-state index >= 15 is 0 Å². The molecule has 2 rings (SSSR count). The lowest BCUT2D eigenvalue weighted by atomic mass is 10.1. The van der Waals surface area contributed by atoms with Crippen molar-refractivity contribution in [3.8, 4) is 0 Å². The van der Waals surface area contributed by atoms with E-state index in [-0.39, 0.29) is 43.3 Å². The molecule has 2 aliphatic rings. The van der Waals surface area contributed by atoms with Gasteiger partial charge in [-0.25, -0.2) is 0 Å². The third kappa shape index (κ3) is 31.3. The van der Waals surface area contributed by atoms with Gasteiger partial charge in [0.2, 0.25) is 11.7 Å². The molecule has 10 nitrogen and oxygen atoms in total. The average molecular weight is 926 g/mol. The highest BCUT2D eigenvalue weighted by Gasteiger charge is 2.56. The smallest absolute Gasteiger partial charge is 0.305 e. The van der Waals surface area contributed by atoms with Gasteiger partial charge in [0, 0.05) is 45.2 Å². The van der Waals surface area contributed by atoms with Crippen molar-refractivity contribution in [2.24, 2.45) is 0 Å². The molecule has 0 N–H and O–H groups in total. The normalized spacial score (nSPS) is 17.2. The molecular weight excluding hydrogens is 827 g/mol. The molecule has 2 aliphatic heterocycles. The second kappa shape index (κ2) is 40.1. The van der Waals surface area contributed by atoms with Gasteiger partial charge in [-0.1, -0.05) is 140 Å². The summed E-state index contributed by atoms with van der Waals surface area (Å²) in [7, 11) is 6.23. The minimum atomic E-state index is -0.857. The van der Waals surface area contributed by atoms with Gasteiger partial charge in [0.05, 0.1) is 38.5 Å². The fourth-order valence-corrected chi connectivity index (χ4v) is 8.46. The highest BCUT2D eigenvalue weighted by atomic mass is 16.8. The molecule has 66 heavy (non-hydrogen) atoms. The van der Waals surface area contributed by atoms with E-state index in [1.54, 1.807) is 0 Å². The van der Waals surface area contributed by atoms with Crippen molar-refractivity contribution < 1.29 is 33.3 Å². The van der Waals surface area contributed by atoms with Crippen molar-refractivity contribution in [1.82, 2.24) is 14.7 Å². The molecule has 2 unspecified atom stereocenters. The van der Waals surface area contributed by atoms with Crippen LogP contribution in [0.5, 0.6) is 0 Å². The maximum atomic E-state index is 13.0. The molecular formula is C56H99N3O7. The first-order valence-electron chi connectivity index (χ1n) is 27.1. The number of unbranched alkanes of at least 4 members (excludes halogenated alkanes) is 18. The fraction of sp³-hybridized carbons (Fsp3) is 0.804. The lowest BCUT2D eigenvalue weighted by Gasteiger charge is -2.46. The van der Waals surface area contributed by atoms with Crippen LogP contribution < -0.4 is 0 Å². The first kappa shape index (κ1) is 59.3. The average Bonchev–Trinajstić information content (AvgIpc) is 3.66. The number of likely N-dealkylation sites (tertiary alicyclic amines) is 1. The molecule has 0 aliphatic carbocycles. The van der Waals surface area contributed by atoms with E-state index in [0.717, 1.165) is 90.3 Å². The third-order valence-corrected chi connectivity index (χ3v) is 12.7. The van der Waals surface area contributed by atoms with Crippen molar-refractivity contribution in [3.05, 3.63) is 48.6 Å². The molecule has 0 radical (unpaired) electrons. The molecule has 2 atom stereocenters. The largest absolute Gasteiger partial charge is 0.466 e. The Balaban J connectivity index is 1.65. The Kier molecular flexibility index (Phi) is 36.1. The lowest BCUT2D eigenvalue weighted by molar-refractivity contribution is -0.249. The zero-order chi connectivity index (χ0) is 47.8. The Hall–Kier alpha value is -2.79. The zero-order valence-corrected chi connectivity index (χ0v) is 43.1. The maximum Gasteiger partial charge on any atom is 0.305 e. The standard InChI is InChI=1S/C56H99N3O7/c1-6-8-10-12-14-16-18-20-22-24-26-28-30-32-34-36-40-54(61)63-47-42-51-52(66-56(65-51)49-59(50-56)53(60)39-38-44-58(5)46-45-57(3)4)43-48-64-55(62)41-37-35-33-31-29-27-25-23-21-19-17-15-13-11-9-7-2/h14-17,20-23,51-52H,6-13,18-19,24-50H2,1-5H3/b16-14-,17-15-,22-20-,23-21-. The zero-order valence-electron chi connectivity index (χ0n) is 43.1. The van der Waals surface area contributed by atoms with Gasteiger partial charge in [-0.2, -0.15) is 0 Å². The molecule has 0 aromatic carbocycles. The summed E-state index contributed by atoms with van der Waals surface area (Å²) in [4.78, 5) is 44.6. The maximum absolute atomic E-state index is 13.0. The number of amides is 1. The molecule has 1 spiro atoms. The van der Waals surface area contributed by atoms with E-state index in [1.165, 1.54) is 89.9 Å². The van der Waals surface area contributed by atoms with Crippen LogP contribution in [0.1, 0.15) is 206 Å². The van der Waals surface area contributed by atoms with Crippen LogP contribution in [-0.2, 0) is 33.3 Å². The Morgan fingerprint density at radius 3 is 1.35 bits per heavy atom. The van der Waals surface area contributed by atoms with Gasteiger partial charge < -0.3 is 33.6 Å². The van der Waals surface area contributed by atoms with Crippen LogP contribution in [0.3, 0.4) is 0 Å². The van der Waals surface area contributed by atoms with Crippen molar-refractivity contribution in [1.29, 1.82) is 0 Å². The van der Waals surface area contributed by atoms with E-state index in [4.69, 9.17) is 18.9 Å². The first-order chi connectivity index (χ1) is 32.2. The van der Waals surface area contributed by atoms with E-state index in [0.29, 0.717) is 45.2 Å². The number of carbonyl (C=O) groups excluding carboxylic acids is 3. The van der Waals surface area contributed by atoms with Crippen molar-refractivity contribution in [2.75, 3.05) is 67.1 Å². The molecule has 2 heterocycles. The van der Waals surface area contributed by atoms with Crippen LogP contribution in [0.2, 0.25) is 0 Å². The second-order valence-electron chi connectivity index (χ2n) is 19.4. The number of likely N-dealkylation sites (N-methyl/N-ethyl adjacent to an activating group) is 2.